The summed E-state index contributed by atoms with van der Waals surface area (Å²) in [5.74, 6) is 1.57. The van der Waals surface area contributed by atoms with Crippen LogP contribution in [0.25, 0.3) is 0 Å². The average molecular weight is 253 g/mol. The van der Waals surface area contributed by atoms with Gasteiger partial charge < -0.3 is 10.1 Å². The van der Waals surface area contributed by atoms with Gasteiger partial charge in [0.05, 0.1) is 6.10 Å². The van der Waals surface area contributed by atoms with Crippen LogP contribution in [0.4, 0.5) is 0 Å². The fourth-order valence-corrected chi connectivity index (χ4v) is 3.83. The number of hydrogen-bond donors (Lipinski definition) is 1. The van der Waals surface area contributed by atoms with Gasteiger partial charge in [-0.1, -0.05) is 27.7 Å². The molecule has 1 aliphatic heterocycles. The maximum Gasteiger partial charge on any atom is 0.0684 e. The van der Waals surface area contributed by atoms with Crippen LogP contribution in [0, 0.1) is 17.3 Å². The van der Waals surface area contributed by atoms with Crippen molar-refractivity contribution in [1.82, 2.24) is 5.32 Å². The van der Waals surface area contributed by atoms with Crippen LogP contribution in [0.1, 0.15) is 60.3 Å². The van der Waals surface area contributed by atoms with Gasteiger partial charge >= 0.3 is 0 Å². The normalized spacial score (nSPS) is 36.0. The summed E-state index contributed by atoms with van der Waals surface area (Å²) in [5.41, 5.74) is 0.317. The number of hydrogen-bond acceptors (Lipinski definition) is 2. The van der Waals surface area contributed by atoms with Crippen molar-refractivity contribution in [1.29, 1.82) is 0 Å². The Balaban J connectivity index is 1.85. The Bertz CT molecular complexity index is 274. The molecule has 2 fully saturated rings. The first-order valence-corrected chi connectivity index (χ1v) is 7.80. The zero-order valence-electron chi connectivity index (χ0n) is 12.8. The first kappa shape index (κ1) is 14.3. The highest BCUT2D eigenvalue weighted by molar-refractivity contribution is 5.10. The fraction of sp³-hybridized carbons (Fsp3) is 1.00. The molecule has 4 unspecified atom stereocenters. The molecular weight excluding hydrogens is 222 g/mol. The van der Waals surface area contributed by atoms with E-state index >= 15 is 0 Å². The van der Waals surface area contributed by atoms with Gasteiger partial charge in [0.1, 0.15) is 0 Å². The molecule has 18 heavy (non-hydrogen) atoms. The Kier molecular flexibility index (Phi) is 4.38. The van der Waals surface area contributed by atoms with Gasteiger partial charge in [-0.15, -0.1) is 0 Å². The lowest BCUT2D eigenvalue weighted by atomic mass is 9.55. The van der Waals surface area contributed by atoms with Crippen LogP contribution >= 0.6 is 0 Å². The van der Waals surface area contributed by atoms with E-state index < -0.39 is 0 Å². The zero-order valence-corrected chi connectivity index (χ0v) is 12.8. The fourth-order valence-electron chi connectivity index (χ4n) is 3.83. The third-order valence-electron chi connectivity index (χ3n) is 4.97. The number of rotatable bonds is 5. The minimum atomic E-state index is 0.317. The van der Waals surface area contributed by atoms with Crippen molar-refractivity contribution in [3.05, 3.63) is 0 Å². The molecule has 0 spiro atoms. The molecule has 0 amide bonds. The molecule has 2 aliphatic rings. The molecule has 0 aromatic heterocycles. The lowest BCUT2D eigenvalue weighted by Gasteiger charge is -2.60. The summed E-state index contributed by atoms with van der Waals surface area (Å²) in [5, 5.41) is 3.88. The van der Waals surface area contributed by atoms with E-state index in [0.717, 1.165) is 18.4 Å². The lowest BCUT2D eigenvalue weighted by Crippen LogP contribution is -2.70. The van der Waals surface area contributed by atoms with Crippen LogP contribution in [-0.4, -0.2) is 24.8 Å². The molecule has 1 heterocycles. The zero-order chi connectivity index (χ0) is 13.3. The molecular formula is C16H31NO. The number of ether oxygens (including phenoxy) is 1. The second kappa shape index (κ2) is 5.50. The summed E-state index contributed by atoms with van der Waals surface area (Å²) < 4.78 is 5.96. The summed E-state index contributed by atoms with van der Waals surface area (Å²) in [6, 6.07) is 1.30. The number of fused-ring (bicyclic) bond motifs is 1. The number of nitrogens with one attached hydrogen (secondary N) is 1. The molecule has 1 N–H and O–H groups in total. The van der Waals surface area contributed by atoms with Crippen LogP contribution < -0.4 is 5.32 Å². The minimum absolute atomic E-state index is 0.317. The molecule has 0 bridgehead atoms. The highest BCUT2D eigenvalue weighted by atomic mass is 16.5. The quantitative estimate of drug-likeness (QED) is 0.808. The van der Waals surface area contributed by atoms with Gasteiger partial charge in [-0.25, -0.2) is 0 Å². The van der Waals surface area contributed by atoms with Gasteiger partial charge in [-0.05, 0) is 38.5 Å². The molecule has 0 aromatic carbocycles. The maximum absolute atomic E-state index is 5.96. The van der Waals surface area contributed by atoms with Crippen molar-refractivity contribution in [2.75, 3.05) is 6.61 Å². The van der Waals surface area contributed by atoms with Gasteiger partial charge in [0.2, 0.25) is 0 Å². The third-order valence-corrected chi connectivity index (χ3v) is 4.97. The monoisotopic (exact) mass is 253 g/mol. The highest BCUT2D eigenvalue weighted by Crippen LogP contribution is 2.51. The Morgan fingerprint density at radius 3 is 2.61 bits per heavy atom. The predicted octanol–water partition coefficient (Wildman–Crippen LogP) is 3.60. The van der Waals surface area contributed by atoms with Crippen molar-refractivity contribution < 1.29 is 4.74 Å². The topological polar surface area (TPSA) is 21.3 Å². The van der Waals surface area contributed by atoms with Crippen molar-refractivity contribution in [3.63, 3.8) is 0 Å². The van der Waals surface area contributed by atoms with Crippen molar-refractivity contribution in [2.45, 2.75) is 78.5 Å². The first-order chi connectivity index (χ1) is 8.43. The van der Waals surface area contributed by atoms with Crippen LogP contribution in [-0.2, 0) is 4.74 Å². The highest BCUT2D eigenvalue weighted by Gasteiger charge is 2.57. The van der Waals surface area contributed by atoms with E-state index in [1.165, 1.54) is 25.7 Å². The largest absolute Gasteiger partial charge is 0.377 e. The van der Waals surface area contributed by atoms with E-state index in [0.29, 0.717) is 23.6 Å². The molecule has 1 saturated carbocycles. The lowest BCUT2D eigenvalue weighted by molar-refractivity contribution is -0.194. The molecule has 0 radical (unpaired) electrons. The van der Waals surface area contributed by atoms with E-state index in [1.807, 2.05) is 0 Å². The van der Waals surface area contributed by atoms with Crippen LogP contribution in [0.15, 0.2) is 0 Å². The van der Waals surface area contributed by atoms with Gasteiger partial charge in [0.15, 0.2) is 0 Å². The first-order valence-electron chi connectivity index (χ1n) is 7.80. The smallest absolute Gasteiger partial charge is 0.0684 e. The Morgan fingerprint density at radius 2 is 1.94 bits per heavy atom. The van der Waals surface area contributed by atoms with Crippen molar-refractivity contribution in [2.24, 2.45) is 17.3 Å². The summed E-state index contributed by atoms with van der Waals surface area (Å²) in [7, 11) is 0. The Morgan fingerprint density at radius 1 is 1.22 bits per heavy atom. The van der Waals surface area contributed by atoms with E-state index in [9.17, 15) is 0 Å². The SMILES string of the molecule is CC(C)CCC(C)NC1C2CCCOC2C1(C)C. The Hall–Kier alpha value is -0.0800. The molecule has 2 rings (SSSR count). The van der Waals surface area contributed by atoms with Gasteiger partial charge in [-0.3, -0.25) is 0 Å². The van der Waals surface area contributed by atoms with Gasteiger partial charge in [-0.2, -0.15) is 0 Å². The Labute approximate surface area is 113 Å². The molecule has 2 nitrogen and oxygen atoms in total. The minimum Gasteiger partial charge on any atom is -0.377 e. The molecule has 0 aromatic rings. The molecule has 4 atom stereocenters. The van der Waals surface area contributed by atoms with Gasteiger partial charge in [0, 0.05) is 30.0 Å². The average Bonchev–Trinajstić information content (AvgIpc) is 2.33. The van der Waals surface area contributed by atoms with E-state index in [4.69, 9.17) is 4.74 Å². The molecule has 106 valence electrons. The second-order valence-electron chi connectivity index (χ2n) is 7.44. The van der Waals surface area contributed by atoms with Gasteiger partial charge in [0.25, 0.3) is 0 Å². The molecule has 1 saturated heterocycles. The maximum atomic E-state index is 5.96. The van der Waals surface area contributed by atoms with Crippen LogP contribution in [0.2, 0.25) is 0 Å². The van der Waals surface area contributed by atoms with E-state index in [1.54, 1.807) is 0 Å². The summed E-state index contributed by atoms with van der Waals surface area (Å²) >= 11 is 0. The summed E-state index contributed by atoms with van der Waals surface area (Å²) in [6.07, 6.45) is 5.72. The molecule has 2 heteroatoms. The van der Waals surface area contributed by atoms with E-state index in [2.05, 4.69) is 39.9 Å². The standard InChI is InChI=1S/C16H31NO/c1-11(2)8-9-12(3)17-14-13-7-6-10-18-15(13)16(14,4)5/h11-15,17H,6-10H2,1-5H3. The van der Waals surface area contributed by atoms with E-state index in [-0.39, 0.29) is 0 Å². The third kappa shape index (κ3) is 2.75. The summed E-state index contributed by atoms with van der Waals surface area (Å²) in [4.78, 5) is 0. The summed E-state index contributed by atoms with van der Waals surface area (Å²) in [6.45, 7) is 12.7. The van der Waals surface area contributed by atoms with Crippen LogP contribution in [0.5, 0.6) is 0 Å². The molecule has 1 aliphatic carbocycles. The predicted molar refractivity (Wildman–Crippen MR) is 76.7 cm³/mol. The second-order valence-corrected chi connectivity index (χ2v) is 7.44. The van der Waals surface area contributed by atoms with Crippen LogP contribution in [0.3, 0.4) is 0 Å². The van der Waals surface area contributed by atoms with Crippen molar-refractivity contribution >= 4 is 0 Å². The van der Waals surface area contributed by atoms with Crippen molar-refractivity contribution in [3.8, 4) is 0 Å².